The van der Waals surface area contributed by atoms with Gasteiger partial charge in [0.1, 0.15) is 0 Å². The van der Waals surface area contributed by atoms with Crippen molar-refractivity contribution in [1.29, 1.82) is 0 Å². The summed E-state index contributed by atoms with van der Waals surface area (Å²) < 4.78 is 0. The van der Waals surface area contributed by atoms with Gasteiger partial charge in [-0.3, -0.25) is 0 Å². The van der Waals surface area contributed by atoms with Crippen molar-refractivity contribution >= 4 is 22.9 Å². The highest BCUT2D eigenvalue weighted by Gasteiger charge is 2.05. The lowest BCUT2D eigenvalue weighted by Gasteiger charge is -1.98. The Morgan fingerprint density at radius 2 is 2.36 bits per heavy atom. The van der Waals surface area contributed by atoms with Crippen LogP contribution in [-0.2, 0) is 6.42 Å². The first-order valence-corrected chi connectivity index (χ1v) is 4.51. The predicted molar refractivity (Wildman–Crippen MR) is 45.4 cm³/mol. The second-order valence-corrected chi connectivity index (χ2v) is 3.91. The first kappa shape index (κ1) is 11.2. The second-order valence-electron chi connectivity index (χ2n) is 2.50. The van der Waals surface area contributed by atoms with Crippen molar-refractivity contribution in [1.82, 2.24) is 0 Å². The SMILES string of the molecule is CC([NH3+])Cc1sccc1Cl.[Cl-]. The molecular formula is C7H11Cl2NS. The van der Waals surface area contributed by atoms with Crippen molar-refractivity contribution in [2.24, 2.45) is 0 Å². The van der Waals surface area contributed by atoms with E-state index in [2.05, 4.69) is 12.7 Å². The lowest BCUT2D eigenvalue weighted by atomic mass is 10.2. The minimum Gasteiger partial charge on any atom is -1.00 e. The second kappa shape index (κ2) is 4.99. The van der Waals surface area contributed by atoms with E-state index in [4.69, 9.17) is 11.6 Å². The largest absolute Gasteiger partial charge is 1.00 e. The fourth-order valence-electron chi connectivity index (χ4n) is 0.787. The number of hydrogen-bond donors (Lipinski definition) is 1. The molecular weight excluding hydrogens is 201 g/mol. The molecule has 1 nitrogen and oxygen atoms in total. The molecule has 11 heavy (non-hydrogen) atoms. The molecule has 0 aromatic carbocycles. The van der Waals surface area contributed by atoms with Crippen molar-refractivity contribution < 1.29 is 18.1 Å². The third-order valence-electron chi connectivity index (χ3n) is 1.22. The highest BCUT2D eigenvalue weighted by Crippen LogP contribution is 2.22. The summed E-state index contributed by atoms with van der Waals surface area (Å²) in [6.45, 7) is 2.09. The average molecular weight is 212 g/mol. The molecule has 3 N–H and O–H groups in total. The van der Waals surface area contributed by atoms with Crippen LogP contribution in [0.3, 0.4) is 0 Å². The van der Waals surface area contributed by atoms with Gasteiger partial charge in [-0.05, 0) is 18.4 Å². The molecule has 0 aliphatic carbocycles. The molecule has 0 aliphatic rings. The van der Waals surface area contributed by atoms with Crippen molar-refractivity contribution in [2.75, 3.05) is 0 Å². The highest BCUT2D eigenvalue weighted by molar-refractivity contribution is 7.10. The average Bonchev–Trinajstić information content (AvgIpc) is 2.15. The van der Waals surface area contributed by atoms with Gasteiger partial charge in [-0.15, -0.1) is 11.3 Å². The van der Waals surface area contributed by atoms with Crippen molar-refractivity contribution in [3.63, 3.8) is 0 Å². The zero-order valence-corrected chi connectivity index (χ0v) is 8.64. The van der Waals surface area contributed by atoms with Gasteiger partial charge in [0.25, 0.3) is 0 Å². The molecule has 0 aliphatic heterocycles. The van der Waals surface area contributed by atoms with Gasteiger partial charge in [0, 0.05) is 11.3 Å². The van der Waals surface area contributed by atoms with Crippen LogP contribution in [0.1, 0.15) is 11.8 Å². The Hall–Kier alpha value is 0.240. The summed E-state index contributed by atoms with van der Waals surface area (Å²) in [6.07, 6.45) is 0.997. The van der Waals surface area contributed by atoms with Crippen LogP contribution in [-0.4, -0.2) is 6.04 Å². The smallest absolute Gasteiger partial charge is 0.0864 e. The topological polar surface area (TPSA) is 27.6 Å². The first-order valence-electron chi connectivity index (χ1n) is 3.25. The van der Waals surface area contributed by atoms with Crippen LogP contribution in [0.25, 0.3) is 0 Å². The van der Waals surface area contributed by atoms with Crippen LogP contribution in [0.5, 0.6) is 0 Å². The van der Waals surface area contributed by atoms with E-state index in [1.165, 1.54) is 4.88 Å². The first-order chi connectivity index (χ1) is 4.70. The van der Waals surface area contributed by atoms with Crippen LogP contribution in [0.4, 0.5) is 0 Å². The van der Waals surface area contributed by atoms with Crippen LogP contribution in [0.2, 0.25) is 5.02 Å². The maximum Gasteiger partial charge on any atom is 0.0864 e. The van der Waals surface area contributed by atoms with Gasteiger partial charge in [0.15, 0.2) is 0 Å². The van der Waals surface area contributed by atoms with Gasteiger partial charge in [-0.25, -0.2) is 0 Å². The van der Waals surface area contributed by atoms with Gasteiger partial charge in [0.2, 0.25) is 0 Å². The number of rotatable bonds is 2. The lowest BCUT2D eigenvalue weighted by molar-refractivity contribution is -0.413. The Balaban J connectivity index is 0.000001000. The van der Waals surface area contributed by atoms with Gasteiger partial charge < -0.3 is 18.1 Å². The molecule has 0 saturated carbocycles. The molecule has 0 bridgehead atoms. The number of halogens is 2. The summed E-state index contributed by atoms with van der Waals surface area (Å²) in [6, 6.07) is 2.39. The van der Waals surface area contributed by atoms with Crippen molar-refractivity contribution in [3.05, 3.63) is 21.3 Å². The minimum atomic E-state index is 0. The molecule has 1 aromatic heterocycles. The van der Waals surface area contributed by atoms with Crippen LogP contribution >= 0.6 is 22.9 Å². The summed E-state index contributed by atoms with van der Waals surface area (Å²) in [5, 5.41) is 2.90. The van der Waals surface area contributed by atoms with Crippen molar-refractivity contribution in [2.45, 2.75) is 19.4 Å². The number of thiophene rings is 1. The Morgan fingerprint density at radius 3 is 2.73 bits per heavy atom. The summed E-state index contributed by atoms with van der Waals surface area (Å²) >= 11 is 7.57. The summed E-state index contributed by atoms with van der Waals surface area (Å²) in [7, 11) is 0. The normalized spacial score (nSPS) is 12.3. The third-order valence-corrected chi connectivity index (χ3v) is 2.63. The van der Waals surface area contributed by atoms with Gasteiger partial charge in [0.05, 0.1) is 11.1 Å². The van der Waals surface area contributed by atoms with E-state index >= 15 is 0 Å². The Labute approximate surface area is 82.0 Å². The fraction of sp³-hybridized carbons (Fsp3) is 0.429. The molecule has 1 rings (SSSR count). The summed E-state index contributed by atoms with van der Waals surface area (Å²) in [5.41, 5.74) is 3.90. The quantitative estimate of drug-likeness (QED) is 0.623. The molecule has 1 heterocycles. The van der Waals surface area contributed by atoms with Crippen LogP contribution in [0.15, 0.2) is 11.4 Å². The summed E-state index contributed by atoms with van der Waals surface area (Å²) in [4.78, 5) is 1.25. The van der Waals surface area contributed by atoms with Crippen LogP contribution in [0, 0.1) is 0 Å². The van der Waals surface area contributed by atoms with E-state index in [0.29, 0.717) is 6.04 Å². The third kappa shape index (κ3) is 3.43. The predicted octanol–water partition coefficient (Wildman–Crippen LogP) is -1.42. The van der Waals surface area contributed by atoms with E-state index in [0.717, 1.165) is 11.4 Å². The van der Waals surface area contributed by atoms with Gasteiger partial charge in [-0.1, -0.05) is 11.6 Å². The van der Waals surface area contributed by atoms with Crippen LogP contribution < -0.4 is 18.1 Å². The molecule has 0 radical (unpaired) electrons. The summed E-state index contributed by atoms with van der Waals surface area (Å²) in [5.74, 6) is 0. The molecule has 0 saturated heterocycles. The monoisotopic (exact) mass is 211 g/mol. The van der Waals surface area contributed by atoms with Crippen molar-refractivity contribution in [3.8, 4) is 0 Å². The maximum absolute atomic E-state index is 5.87. The minimum absolute atomic E-state index is 0. The molecule has 0 fully saturated rings. The molecule has 1 unspecified atom stereocenters. The highest BCUT2D eigenvalue weighted by atomic mass is 35.5. The standard InChI is InChI=1S/C7H10ClNS.ClH/c1-5(9)4-7-6(8)2-3-10-7;/h2-3,5H,4,9H2,1H3;1H. The van der Waals surface area contributed by atoms with E-state index in [1.54, 1.807) is 11.3 Å². The molecule has 0 spiro atoms. The van der Waals surface area contributed by atoms with E-state index in [1.807, 2.05) is 11.4 Å². The van der Waals surface area contributed by atoms with E-state index in [-0.39, 0.29) is 12.4 Å². The zero-order chi connectivity index (χ0) is 7.56. The van der Waals surface area contributed by atoms with E-state index < -0.39 is 0 Å². The number of quaternary nitrogens is 1. The molecule has 1 atom stereocenters. The zero-order valence-electron chi connectivity index (χ0n) is 6.31. The molecule has 4 heteroatoms. The van der Waals surface area contributed by atoms with E-state index in [9.17, 15) is 0 Å². The molecule has 64 valence electrons. The molecule has 1 aromatic rings. The maximum atomic E-state index is 5.87. The van der Waals surface area contributed by atoms with Gasteiger partial charge in [-0.2, -0.15) is 0 Å². The lowest BCUT2D eigenvalue weighted by Crippen LogP contribution is -3.00. The Bertz CT molecular complexity index is 210. The molecule has 0 amide bonds. The van der Waals surface area contributed by atoms with Gasteiger partial charge >= 0.3 is 0 Å². The number of hydrogen-bond acceptors (Lipinski definition) is 1. The Morgan fingerprint density at radius 1 is 1.73 bits per heavy atom. The fourth-order valence-corrected chi connectivity index (χ4v) is 2.07. The Kier molecular flexibility index (Phi) is 5.10.